The van der Waals surface area contributed by atoms with Gasteiger partial charge in [0.1, 0.15) is 0 Å². The summed E-state index contributed by atoms with van der Waals surface area (Å²) in [5.41, 5.74) is 1.32. The zero-order valence-electron chi connectivity index (χ0n) is 15.8. The Morgan fingerprint density at radius 1 is 1.25 bits per heavy atom. The number of aromatic nitrogens is 2. The van der Waals surface area contributed by atoms with Gasteiger partial charge in [-0.15, -0.1) is 0 Å². The van der Waals surface area contributed by atoms with Crippen molar-refractivity contribution in [1.82, 2.24) is 14.5 Å². The number of carbonyl (C=O) groups excluding carboxylic acids is 2. The Balaban J connectivity index is 1.54. The van der Waals surface area contributed by atoms with Gasteiger partial charge in [0.05, 0.1) is 35.7 Å². The first-order chi connectivity index (χ1) is 13.4. The topological polar surface area (TPSA) is 110 Å². The van der Waals surface area contributed by atoms with Crippen LogP contribution >= 0.6 is 0 Å². The van der Waals surface area contributed by atoms with E-state index in [2.05, 4.69) is 9.88 Å². The molecule has 0 unspecified atom stereocenters. The lowest BCUT2D eigenvalue weighted by molar-refractivity contribution is -0.384. The molecule has 0 aromatic carbocycles. The third-order valence-electron chi connectivity index (χ3n) is 4.87. The van der Waals surface area contributed by atoms with Crippen molar-refractivity contribution < 1.29 is 19.2 Å². The maximum absolute atomic E-state index is 12.5. The fraction of sp³-hybridized carbons (Fsp3) is 0.474. The van der Waals surface area contributed by atoms with Crippen molar-refractivity contribution in [2.24, 2.45) is 7.05 Å². The number of aryl methyl sites for hydroxylation is 1. The molecule has 0 bridgehead atoms. The largest absolute Gasteiger partial charge is 0.379 e. The average molecular weight is 388 g/mol. The van der Waals surface area contributed by atoms with Gasteiger partial charge in [-0.2, -0.15) is 0 Å². The molecule has 3 rings (SSSR count). The molecule has 9 nitrogen and oxygen atoms in total. The van der Waals surface area contributed by atoms with E-state index in [1.54, 1.807) is 23.9 Å². The number of ether oxygens (including phenoxy) is 1. The average Bonchev–Trinajstić information content (AvgIpc) is 3.30. The van der Waals surface area contributed by atoms with Crippen LogP contribution in [0.3, 0.4) is 0 Å². The van der Waals surface area contributed by atoms with Crippen molar-refractivity contribution in [3.8, 4) is 0 Å². The molecule has 1 fully saturated rings. The van der Waals surface area contributed by atoms with Crippen molar-refractivity contribution in [3.63, 3.8) is 0 Å². The van der Waals surface area contributed by atoms with Gasteiger partial charge in [-0.05, 0) is 24.6 Å². The second-order valence-corrected chi connectivity index (χ2v) is 6.95. The van der Waals surface area contributed by atoms with Gasteiger partial charge in [0.25, 0.3) is 5.69 Å². The van der Waals surface area contributed by atoms with E-state index in [4.69, 9.17) is 4.74 Å². The molecule has 0 aliphatic carbocycles. The van der Waals surface area contributed by atoms with E-state index in [0.29, 0.717) is 17.7 Å². The molecule has 28 heavy (non-hydrogen) atoms. The predicted octanol–water partition coefficient (Wildman–Crippen LogP) is 1.98. The first kappa shape index (κ1) is 20.0. The highest BCUT2D eigenvalue weighted by atomic mass is 16.6. The Labute approximate surface area is 162 Å². The van der Waals surface area contributed by atoms with Gasteiger partial charge in [-0.1, -0.05) is 0 Å². The standard InChI is InChI=1S/C19H24N4O5/c1-21-13-14(10-19(25)16-11-15(12-20-16)23(26)27)9-17(21)18(24)3-2-4-22-5-7-28-8-6-22/h9,11-13,20H,2-8,10H2,1H3. The number of rotatable bonds is 9. The van der Waals surface area contributed by atoms with Crippen LogP contribution in [0.25, 0.3) is 0 Å². The molecule has 9 heteroatoms. The monoisotopic (exact) mass is 388 g/mol. The van der Waals surface area contributed by atoms with E-state index in [-0.39, 0.29) is 29.4 Å². The van der Waals surface area contributed by atoms with E-state index in [1.165, 1.54) is 12.3 Å². The lowest BCUT2D eigenvalue weighted by atomic mass is 10.1. The molecule has 3 heterocycles. The van der Waals surface area contributed by atoms with Crippen LogP contribution in [-0.2, 0) is 18.2 Å². The normalized spacial score (nSPS) is 14.9. The Morgan fingerprint density at radius 2 is 2.00 bits per heavy atom. The maximum Gasteiger partial charge on any atom is 0.287 e. The van der Waals surface area contributed by atoms with Crippen LogP contribution < -0.4 is 0 Å². The van der Waals surface area contributed by atoms with Crippen LogP contribution in [0.1, 0.15) is 39.4 Å². The summed E-state index contributed by atoms with van der Waals surface area (Å²) in [6.45, 7) is 4.17. The van der Waals surface area contributed by atoms with Gasteiger partial charge < -0.3 is 14.3 Å². The number of nitro groups is 1. The Morgan fingerprint density at radius 3 is 2.68 bits per heavy atom. The van der Waals surface area contributed by atoms with E-state index >= 15 is 0 Å². The number of Topliss-reactive ketones (excluding diaryl/α,β-unsaturated/α-hetero) is 2. The zero-order valence-corrected chi connectivity index (χ0v) is 15.8. The van der Waals surface area contributed by atoms with Crippen molar-refractivity contribution in [2.45, 2.75) is 19.3 Å². The summed E-state index contributed by atoms with van der Waals surface area (Å²) in [5.74, 6) is -0.213. The predicted molar refractivity (Wildman–Crippen MR) is 102 cm³/mol. The van der Waals surface area contributed by atoms with Crippen molar-refractivity contribution in [1.29, 1.82) is 0 Å². The first-order valence-corrected chi connectivity index (χ1v) is 9.28. The summed E-state index contributed by atoms with van der Waals surface area (Å²) in [6.07, 6.45) is 4.26. The summed E-state index contributed by atoms with van der Waals surface area (Å²) >= 11 is 0. The van der Waals surface area contributed by atoms with Gasteiger partial charge in [-0.3, -0.25) is 24.6 Å². The number of carbonyl (C=O) groups is 2. The van der Waals surface area contributed by atoms with Crippen LogP contribution in [0.15, 0.2) is 24.5 Å². The van der Waals surface area contributed by atoms with E-state index in [1.807, 2.05) is 0 Å². The second kappa shape index (κ2) is 8.94. The number of hydrogen-bond acceptors (Lipinski definition) is 6. The number of nitrogens with zero attached hydrogens (tertiary/aromatic N) is 3. The minimum atomic E-state index is -0.552. The van der Waals surface area contributed by atoms with Crippen molar-refractivity contribution in [2.75, 3.05) is 32.8 Å². The Kier molecular flexibility index (Phi) is 6.37. The van der Waals surface area contributed by atoms with Crippen molar-refractivity contribution >= 4 is 17.3 Å². The molecular weight excluding hydrogens is 364 g/mol. The molecule has 0 radical (unpaired) electrons. The fourth-order valence-electron chi connectivity index (χ4n) is 3.35. The Bertz CT molecular complexity index is 864. The second-order valence-electron chi connectivity index (χ2n) is 6.95. The molecule has 0 saturated carbocycles. The molecule has 1 aliphatic heterocycles. The summed E-state index contributed by atoms with van der Waals surface area (Å²) in [7, 11) is 1.78. The quantitative estimate of drug-likeness (QED) is 0.399. The lowest BCUT2D eigenvalue weighted by Crippen LogP contribution is -2.36. The molecule has 1 N–H and O–H groups in total. The van der Waals surface area contributed by atoms with E-state index < -0.39 is 4.92 Å². The van der Waals surface area contributed by atoms with E-state index in [9.17, 15) is 19.7 Å². The minimum Gasteiger partial charge on any atom is -0.379 e. The number of nitrogens with one attached hydrogen (secondary N) is 1. The number of ketones is 2. The zero-order chi connectivity index (χ0) is 20.1. The SMILES string of the molecule is Cn1cc(CC(=O)c2cc([N+](=O)[O-])c[nH]2)cc1C(=O)CCCN1CCOCC1. The molecule has 2 aromatic rings. The third-order valence-corrected chi connectivity index (χ3v) is 4.87. The number of hydrogen-bond donors (Lipinski definition) is 1. The molecule has 150 valence electrons. The summed E-state index contributed by atoms with van der Waals surface area (Å²) in [5, 5.41) is 10.7. The lowest BCUT2D eigenvalue weighted by Gasteiger charge is -2.26. The molecular formula is C19H24N4O5. The summed E-state index contributed by atoms with van der Waals surface area (Å²) < 4.78 is 7.05. The summed E-state index contributed by atoms with van der Waals surface area (Å²) in [6, 6.07) is 2.95. The molecule has 0 atom stereocenters. The minimum absolute atomic E-state index is 0.0463. The number of morpholine rings is 1. The highest BCUT2D eigenvalue weighted by Crippen LogP contribution is 2.17. The van der Waals surface area contributed by atoms with Gasteiger partial charge in [-0.25, -0.2) is 0 Å². The molecule has 0 spiro atoms. The fourth-order valence-corrected chi connectivity index (χ4v) is 3.35. The summed E-state index contributed by atoms with van der Waals surface area (Å²) in [4.78, 5) is 40.0. The van der Waals surface area contributed by atoms with Crippen LogP contribution in [0, 0.1) is 10.1 Å². The highest BCUT2D eigenvalue weighted by Gasteiger charge is 2.18. The number of aromatic amines is 1. The third kappa shape index (κ3) is 4.93. The Hall–Kier alpha value is -2.78. The van der Waals surface area contributed by atoms with Crippen LogP contribution in [0.2, 0.25) is 0 Å². The van der Waals surface area contributed by atoms with E-state index in [0.717, 1.165) is 39.3 Å². The molecule has 1 aliphatic rings. The van der Waals surface area contributed by atoms with Gasteiger partial charge >= 0.3 is 0 Å². The maximum atomic E-state index is 12.5. The van der Waals surface area contributed by atoms with Crippen LogP contribution in [0.4, 0.5) is 5.69 Å². The highest BCUT2D eigenvalue weighted by molar-refractivity contribution is 5.98. The molecule has 2 aromatic heterocycles. The van der Waals surface area contributed by atoms with Gasteiger partial charge in [0.2, 0.25) is 0 Å². The first-order valence-electron chi connectivity index (χ1n) is 9.28. The van der Waals surface area contributed by atoms with Crippen molar-refractivity contribution in [3.05, 3.63) is 51.6 Å². The smallest absolute Gasteiger partial charge is 0.287 e. The molecule has 1 saturated heterocycles. The molecule has 0 amide bonds. The van der Waals surface area contributed by atoms with Gasteiger partial charge in [0.15, 0.2) is 11.6 Å². The van der Waals surface area contributed by atoms with Crippen LogP contribution in [0.5, 0.6) is 0 Å². The number of H-pyrrole nitrogens is 1. The van der Waals surface area contributed by atoms with Gasteiger partial charge in [0, 0.05) is 45.2 Å². The van der Waals surface area contributed by atoms with Crippen LogP contribution in [-0.4, -0.2) is 63.8 Å².